The lowest BCUT2D eigenvalue weighted by molar-refractivity contribution is 0.0911. The summed E-state index contributed by atoms with van der Waals surface area (Å²) in [6.45, 7) is 8.61. The average Bonchev–Trinajstić information content (AvgIpc) is 3.33. The molecule has 1 saturated heterocycles. The summed E-state index contributed by atoms with van der Waals surface area (Å²) in [6, 6.07) is 12.1. The number of carbonyl (C=O) groups excluding carboxylic acids is 1. The normalized spacial score (nSPS) is 15.7. The molecule has 0 unspecified atom stereocenters. The van der Waals surface area contributed by atoms with Gasteiger partial charge in [0.25, 0.3) is 5.91 Å². The van der Waals surface area contributed by atoms with Crippen LogP contribution in [0.4, 0.5) is 0 Å². The van der Waals surface area contributed by atoms with Crippen LogP contribution in [0.5, 0.6) is 0 Å². The second-order valence-corrected chi connectivity index (χ2v) is 8.39. The highest BCUT2D eigenvalue weighted by atomic mass is 35.5. The third-order valence-electron chi connectivity index (χ3n) is 6.06. The summed E-state index contributed by atoms with van der Waals surface area (Å²) in [5, 5.41) is 4.84. The molecule has 152 valence electrons. The highest BCUT2D eigenvalue weighted by Crippen LogP contribution is 2.31. The van der Waals surface area contributed by atoms with Gasteiger partial charge >= 0.3 is 0 Å². The molecule has 2 heterocycles. The van der Waals surface area contributed by atoms with Gasteiger partial charge < -0.3 is 9.73 Å². The number of halogens is 1. The lowest BCUT2D eigenvalue weighted by atomic mass is 10.0. The molecule has 0 saturated carbocycles. The first-order valence-electron chi connectivity index (χ1n) is 10.2. The van der Waals surface area contributed by atoms with Gasteiger partial charge in [0.15, 0.2) is 5.76 Å². The van der Waals surface area contributed by atoms with Crippen LogP contribution >= 0.6 is 11.6 Å². The Kier molecular flexibility index (Phi) is 5.66. The lowest BCUT2D eigenvalue weighted by Gasteiger charge is -2.28. The minimum Gasteiger partial charge on any atom is -0.451 e. The number of amides is 1. The average molecular weight is 411 g/mol. The Morgan fingerprint density at radius 2 is 1.83 bits per heavy atom. The first-order chi connectivity index (χ1) is 14.0. The minimum absolute atomic E-state index is 0.0596. The van der Waals surface area contributed by atoms with Gasteiger partial charge in [-0.15, -0.1) is 0 Å². The Morgan fingerprint density at radius 1 is 1.14 bits per heavy atom. The molecule has 4 rings (SSSR count). The van der Waals surface area contributed by atoms with Crippen molar-refractivity contribution in [1.29, 1.82) is 0 Å². The largest absolute Gasteiger partial charge is 0.451 e. The first-order valence-corrected chi connectivity index (χ1v) is 10.6. The van der Waals surface area contributed by atoms with Crippen LogP contribution in [0.25, 0.3) is 11.0 Å². The number of carbonyl (C=O) groups is 1. The molecule has 0 bridgehead atoms. The van der Waals surface area contributed by atoms with E-state index in [1.165, 1.54) is 18.4 Å². The Balaban J connectivity index is 1.58. The molecule has 0 aliphatic carbocycles. The quantitative estimate of drug-likeness (QED) is 0.597. The topological polar surface area (TPSA) is 45.5 Å². The molecule has 0 radical (unpaired) electrons. The number of hydrogen-bond acceptors (Lipinski definition) is 3. The molecule has 29 heavy (non-hydrogen) atoms. The predicted octanol–water partition coefficient (Wildman–Crippen LogP) is 5.58. The Bertz CT molecular complexity index is 1050. The highest BCUT2D eigenvalue weighted by molar-refractivity contribution is 6.31. The summed E-state index contributed by atoms with van der Waals surface area (Å²) in [7, 11) is 0. The van der Waals surface area contributed by atoms with Gasteiger partial charge in [0.05, 0.1) is 6.04 Å². The Morgan fingerprint density at radius 3 is 2.55 bits per heavy atom. The Hall–Kier alpha value is -2.30. The number of furan rings is 1. The van der Waals surface area contributed by atoms with Gasteiger partial charge in [-0.3, -0.25) is 9.69 Å². The van der Waals surface area contributed by atoms with E-state index in [1.807, 2.05) is 31.2 Å². The number of nitrogens with one attached hydrogen (secondary N) is 1. The van der Waals surface area contributed by atoms with Gasteiger partial charge in [0.2, 0.25) is 0 Å². The summed E-state index contributed by atoms with van der Waals surface area (Å²) in [5.74, 6) is 0.217. The number of aryl methyl sites for hydroxylation is 3. The van der Waals surface area contributed by atoms with E-state index < -0.39 is 0 Å². The van der Waals surface area contributed by atoms with Crippen LogP contribution in [0.2, 0.25) is 5.02 Å². The van der Waals surface area contributed by atoms with Crippen LogP contribution in [0, 0.1) is 20.8 Å². The van der Waals surface area contributed by atoms with Crippen LogP contribution < -0.4 is 5.32 Å². The second kappa shape index (κ2) is 8.21. The van der Waals surface area contributed by atoms with Crippen molar-refractivity contribution in [2.75, 3.05) is 19.6 Å². The Labute approximate surface area is 176 Å². The van der Waals surface area contributed by atoms with Gasteiger partial charge in [0, 0.05) is 22.5 Å². The number of nitrogens with zero attached hydrogens (tertiary/aromatic N) is 1. The van der Waals surface area contributed by atoms with E-state index in [0.29, 0.717) is 12.3 Å². The van der Waals surface area contributed by atoms with Crippen LogP contribution in [0.3, 0.4) is 0 Å². The van der Waals surface area contributed by atoms with E-state index in [9.17, 15) is 4.79 Å². The molecule has 1 fully saturated rings. The minimum atomic E-state index is -0.176. The summed E-state index contributed by atoms with van der Waals surface area (Å²) in [5.41, 5.74) is 5.06. The fourth-order valence-corrected chi connectivity index (χ4v) is 4.46. The van der Waals surface area contributed by atoms with Crippen molar-refractivity contribution < 1.29 is 9.21 Å². The van der Waals surface area contributed by atoms with Crippen LogP contribution in [-0.4, -0.2) is 30.4 Å². The third kappa shape index (κ3) is 3.92. The maximum Gasteiger partial charge on any atom is 0.287 e. The molecule has 0 spiro atoms. The molecule has 1 atom stereocenters. The van der Waals surface area contributed by atoms with Gasteiger partial charge in [-0.2, -0.15) is 0 Å². The third-order valence-corrected chi connectivity index (χ3v) is 6.40. The summed E-state index contributed by atoms with van der Waals surface area (Å²) < 4.78 is 5.93. The van der Waals surface area contributed by atoms with Crippen molar-refractivity contribution in [3.63, 3.8) is 0 Å². The van der Waals surface area contributed by atoms with Crippen molar-refractivity contribution in [3.8, 4) is 0 Å². The van der Waals surface area contributed by atoms with E-state index in [0.717, 1.165) is 45.8 Å². The first kappa shape index (κ1) is 20.0. The maximum atomic E-state index is 13.0. The zero-order valence-electron chi connectivity index (χ0n) is 17.2. The predicted molar refractivity (Wildman–Crippen MR) is 118 cm³/mol. The van der Waals surface area contributed by atoms with Gasteiger partial charge in [0.1, 0.15) is 5.58 Å². The highest BCUT2D eigenvalue weighted by Gasteiger charge is 2.26. The number of fused-ring (bicyclic) bond motifs is 1. The van der Waals surface area contributed by atoms with Crippen LogP contribution in [0.15, 0.2) is 40.8 Å². The van der Waals surface area contributed by atoms with Crippen molar-refractivity contribution in [3.05, 3.63) is 69.4 Å². The molecule has 1 aliphatic heterocycles. The van der Waals surface area contributed by atoms with Crippen molar-refractivity contribution in [1.82, 2.24) is 10.2 Å². The van der Waals surface area contributed by atoms with Crippen molar-refractivity contribution in [2.45, 2.75) is 39.7 Å². The van der Waals surface area contributed by atoms with Crippen LogP contribution in [-0.2, 0) is 0 Å². The van der Waals surface area contributed by atoms with Crippen LogP contribution in [0.1, 0.15) is 51.7 Å². The van der Waals surface area contributed by atoms with Gasteiger partial charge in [-0.25, -0.2) is 0 Å². The zero-order chi connectivity index (χ0) is 20.5. The standard InChI is InChI=1S/C24H27ClN2O2/c1-15-12-19-17(3)23(29-22(19)13-16(15)2)24(28)26-14-21(27-10-6-7-11-27)18-8-4-5-9-20(18)25/h4-5,8-9,12-13,21H,6-7,10-11,14H2,1-3H3,(H,26,28)/t21-/m1/s1. The summed E-state index contributed by atoms with van der Waals surface area (Å²) in [6.07, 6.45) is 2.35. The maximum absolute atomic E-state index is 13.0. The summed E-state index contributed by atoms with van der Waals surface area (Å²) >= 11 is 6.48. The van der Waals surface area contributed by atoms with E-state index in [1.54, 1.807) is 0 Å². The molecular formula is C24H27ClN2O2. The molecule has 1 N–H and O–H groups in total. The van der Waals surface area contributed by atoms with Gasteiger partial charge in [-0.1, -0.05) is 29.8 Å². The number of rotatable bonds is 5. The molecule has 1 aliphatic rings. The monoisotopic (exact) mass is 410 g/mol. The zero-order valence-corrected chi connectivity index (χ0v) is 18.0. The smallest absolute Gasteiger partial charge is 0.287 e. The molecule has 5 heteroatoms. The van der Waals surface area contributed by atoms with E-state index in [2.05, 4.69) is 36.2 Å². The SMILES string of the molecule is Cc1cc2oc(C(=O)NC[C@H](c3ccccc3Cl)N3CCCC3)c(C)c2cc1C. The molecular weight excluding hydrogens is 384 g/mol. The second-order valence-electron chi connectivity index (χ2n) is 7.98. The molecule has 1 aromatic heterocycles. The molecule has 2 aromatic carbocycles. The number of benzene rings is 2. The lowest BCUT2D eigenvalue weighted by Crippen LogP contribution is -2.37. The molecule has 4 nitrogen and oxygen atoms in total. The number of likely N-dealkylation sites (tertiary alicyclic amines) is 1. The van der Waals surface area contributed by atoms with E-state index in [-0.39, 0.29) is 11.9 Å². The fraction of sp³-hybridized carbons (Fsp3) is 0.375. The summed E-state index contributed by atoms with van der Waals surface area (Å²) in [4.78, 5) is 15.4. The van der Waals surface area contributed by atoms with Gasteiger partial charge in [-0.05, 0) is 81.6 Å². The fourth-order valence-electron chi connectivity index (χ4n) is 4.20. The molecule has 1 amide bonds. The van der Waals surface area contributed by atoms with Crippen molar-refractivity contribution >= 4 is 28.5 Å². The molecule has 3 aromatic rings. The van der Waals surface area contributed by atoms with Crippen molar-refractivity contribution in [2.24, 2.45) is 0 Å². The number of hydrogen-bond donors (Lipinski definition) is 1. The van der Waals surface area contributed by atoms with E-state index >= 15 is 0 Å². The van der Waals surface area contributed by atoms with E-state index in [4.69, 9.17) is 16.0 Å².